The van der Waals surface area contributed by atoms with Gasteiger partial charge in [0, 0.05) is 0 Å². The molecule has 3 N–H and O–H groups in total. The van der Waals surface area contributed by atoms with Crippen LogP contribution in [-0.2, 0) is 9.59 Å². The molecule has 12 heavy (non-hydrogen) atoms. The number of amides is 1. The summed E-state index contributed by atoms with van der Waals surface area (Å²) in [6.07, 6.45) is -0.769. The molecular weight excluding hydrogens is 162 g/mol. The minimum Gasteiger partial charge on any atom is -0.374 e. The normalized spacial score (nSPS) is 35.9. The molecule has 68 valence electrons. The van der Waals surface area contributed by atoms with Crippen molar-refractivity contribution in [2.24, 2.45) is 0 Å². The second kappa shape index (κ2) is 2.84. The molecule has 5 nitrogen and oxygen atoms in total. The number of rotatable bonds is 1. The molecule has 1 aliphatic heterocycles. The van der Waals surface area contributed by atoms with E-state index in [1.807, 2.05) is 0 Å². The predicted octanol–water partition coefficient (Wildman–Crippen LogP) is -1.47. The van der Waals surface area contributed by atoms with E-state index in [9.17, 15) is 14.7 Å². The van der Waals surface area contributed by atoms with E-state index in [4.69, 9.17) is 5.11 Å². The Morgan fingerprint density at radius 3 is 2.75 bits per heavy atom. The molecule has 1 fully saturated rings. The number of ketones is 1. The van der Waals surface area contributed by atoms with Crippen molar-refractivity contribution in [1.82, 2.24) is 5.32 Å². The Bertz CT molecular complexity index is 227. The highest BCUT2D eigenvalue weighted by molar-refractivity contribution is 6.08. The van der Waals surface area contributed by atoms with Gasteiger partial charge in [-0.2, -0.15) is 0 Å². The smallest absolute Gasteiger partial charge is 0.261 e. The first kappa shape index (κ1) is 9.15. The molecule has 0 aromatic heterocycles. The van der Waals surface area contributed by atoms with E-state index in [-0.39, 0.29) is 12.8 Å². The Labute approximate surface area is 69.4 Å². The Kier molecular flexibility index (Phi) is 2.16. The summed E-state index contributed by atoms with van der Waals surface area (Å²) in [5, 5.41) is 20.5. The van der Waals surface area contributed by atoms with E-state index in [0.717, 1.165) is 6.92 Å². The fourth-order valence-corrected chi connectivity index (χ4v) is 1.14. The number of aliphatic hydroxyl groups is 2. The lowest BCUT2D eigenvalue weighted by Gasteiger charge is -2.31. The minimum atomic E-state index is -1.93. The maximum Gasteiger partial charge on any atom is 0.261 e. The molecule has 0 aromatic carbocycles. The average molecular weight is 173 g/mol. The van der Waals surface area contributed by atoms with Gasteiger partial charge in [0.1, 0.15) is 6.23 Å². The summed E-state index contributed by atoms with van der Waals surface area (Å²) in [7, 11) is 0. The van der Waals surface area contributed by atoms with Crippen molar-refractivity contribution in [1.29, 1.82) is 0 Å². The van der Waals surface area contributed by atoms with Crippen LogP contribution in [0, 0.1) is 0 Å². The van der Waals surface area contributed by atoms with Crippen LogP contribution in [-0.4, -0.2) is 33.7 Å². The van der Waals surface area contributed by atoms with Gasteiger partial charge in [-0.3, -0.25) is 9.59 Å². The van der Waals surface area contributed by atoms with Gasteiger partial charge in [-0.25, -0.2) is 0 Å². The van der Waals surface area contributed by atoms with E-state index >= 15 is 0 Å². The number of hydrogen-bond acceptors (Lipinski definition) is 4. The van der Waals surface area contributed by atoms with Crippen molar-refractivity contribution < 1.29 is 19.8 Å². The third kappa shape index (κ3) is 1.33. The molecule has 1 amide bonds. The van der Waals surface area contributed by atoms with Gasteiger partial charge < -0.3 is 15.5 Å². The van der Waals surface area contributed by atoms with Gasteiger partial charge in [-0.15, -0.1) is 0 Å². The second-order valence-corrected chi connectivity index (χ2v) is 2.94. The van der Waals surface area contributed by atoms with Crippen molar-refractivity contribution in [2.45, 2.75) is 31.6 Å². The van der Waals surface area contributed by atoms with Crippen LogP contribution in [0.25, 0.3) is 0 Å². The maximum absolute atomic E-state index is 11.0. The van der Waals surface area contributed by atoms with E-state index in [2.05, 4.69) is 5.32 Å². The van der Waals surface area contributed by atoms with Gasteiger partial charge in [0.2, 0.25) is 5.60 Å². The molecule has 1 saturated heterocycles. The topological polar surface area (TPSA) is 86.6 Å². The monoisotopic (exact) mass is 173 g/mol. The van der Waals surface area contributed by atoms with E-state index in [1.165, 1.54) is 0 Å². The predicted molar refractivity (Wildman–Crippen MR) is 39.0 cm³/mol. The Morgan fingerprint density at radius 1 is 1.75 bits per heavy atom. The molecule has 0 aromatic rings. The lowest BCUT2D eigenvalue weighted by molar-refractivity contribution is -0.159. The van der Waals surface area contributed by atoms with Gasteiger partial charge in [0.15, 0.2) is 5.78 Å². The molecule has 0 saturated carbocycles. The highest BCUT2D eigenvalue weighted by Gasteiger charge is 2.44. The van der Waals surface area contributed by atoms with Crippen LogP contribution in [0.5, 0.6) is 0 Å². The Morgan fingerprint density at radius 2 is 2.33 bits per heavy atom. The summed E-state index contributed by atoms with van der Waals surface area (Å²) in [6.45, 7) is 1.15. The van der Waals surface area contributed by atoms with Gasteiger partial charge in [0.25, 0.3) is 5.91 Å². The molecular formula is C7H11NO4. The molecule has 0 radical (unpaired) electrons. The lowest BCUT2D eigenvalue weighted by Crippen LogP contribution is -2.58. The zero-order chi connectivity index (χ0) is 9.35. The summed E-state index contributed by atoms with van der Waals surface area (Å²) < 4.78 is 0. The maximum atomic E-state index is 11.0. The van der Waals surface area contributed by atoms with E-state index < -0.39 is 23.5 Å². The molecule has 0 bridgehead atoms. The van der Waals surface area contributed by atoms with Crippen LogP contribution in [0.3, 0.4) is 0 Å². The average Bonchev–Trinajstić information content (AvgIpc) is 1.97. The van der Waals surface area contributed by atoms with Gasteiger partial charge in [0.05, 0.1) is 0 Å². The molecule has 2 unspecified atom stereocenters. The summed E-state index contributed by atoms with van der Waals surface area (Å²) in [6, 6.07) is 0. The standard InChI is InChI=1S/C7H11NO4/c1-4(9)7(12)3-2-5(10)8-6(7)11/h5,10,12H,2-3H2,1H3,(H,8,11). The number of piperidine rings is 1. The highest BCUT2D eigenvalue weighted by atomic mass is 16.3. The number of carbonyl (C=O) groups excluding carboxylic acids is 2. The first-order valence-electron chi connectivity index (χ1n) is 3.69. The van der Waals surface area contributed by atoms with Crippen molar-refractivity contribution in [2.75, 3.05) is 0 Å². The first-order valence-corrected chi connectivity index (χ1v) is 3.69. The molecule has 0 aliphatic carbocycles. The highest BCUT2D eigenvalue weighted by Crippen LogP contribution is 2.20. The quantitative estimate of drug-likeness (QED) is 0.423. The summed E-state index contributed by atoms with van der Waals surface area (Å²) in [5.74, 6) is -1.40. The van der Waals surface area contributed by atoms with Crippen LogP contribution in [0.2, 0.25) is 0 Å². The van der Waals surface area contributed by atoms with Crippen LogP contribution in [0.1, 0.15) is 19.8 Å². The zero-order valence-corrected chi connectivity index (χ0v) is 6.70. The lowest BCUT2D eigenvalue weighted by atomic mass is 9.89. The minimum absolute atomic E-state index is 0.0185. The largest absolute Gasteiger partial charge is 0.374 e. The number of nitrogens with one attached hydrogen (secondary N) is 1. The van der Waals surface area contributed by atoms with Crippen LogP contribution >= 0.6 is 0 Å². The fourth-order valence-electron chi connectivity index (χ4n) is 1.14. The summed E-state index contributed by atoms with van der Waals surface area (Å²) >= 11 is 0. The number of carbonyl (C=O) groups is 2. The summed E-state index contributed by atoms with van der Waals surface area (Å²) in [4.78, 5) is 21.9. The van der Waals surface area contributed by atoms with Crippen molar-refractivity contribution in [3.8, 4) is 0 Å². The SMILES string of the molecule is CC(=O)C1(O)CCC(O)NC1=O. The number of Topliss-reactive ketones (excluding diaryl/α,β-unsaturated/α-hetero) is 1. The van der Waals surface area contributed by atoms with Crippen molar-refractivity contribution in [3.05, 3.63) is 0 Å². The molecule has 2 atom stereocenters. The molecule has 5 heteroatoms. The van der Waals surface area contributed by atoms with E-state index in [0.29, 0.717) is 0 Å². The molecule has 1 heterocycles. The number of aliphatic hydroxyl groups excluding tert-OH is 1. The van der Waals surface area contributed by atoms with Crippen molar-refractivity contribution in [3.63, 3.8) is 0 Å². The third-order valence-electron chi connectivity index (χ3n) is 2.04. The van der Waals surface area contributed by atoms with Crippen molar-refractivity contribution >= 4 is 11.7 Å². The fraction of sp³-hybridized carbons (Fsp3) is 0.714. The number of hydrogen-bond donors (Lipinski definition) is 3. The first-order chi connectivity index (χ1) is 5.47. The molecule has 1 rings (SSSR count). The third-order valence-corrected chi connectivity index (χ3v) is 2.04. The van der Waals surface area contributed by atoms with Crippen LogP contribution in [0.15, 0.2) is 0 Å². The van der Waals surface area contributed by atoms with Gasteiger partial charge in [-0.05, 0) is 19.8 Å². The zero-order valence-electron chi connectivity index (χ0n) is 6.70. The Balaban J connectivity index is 2.80. The van der Waals surface area contributed by atoms with Crippen LogP contribution in [0.4, 0.5) is 0 Å². The summed E-state index contributed by atoms with van der Waals surface area (Å²) in [5.41, 5.74) is -1.93. The second-order valence-electron chi connectivity index (χ2n) is 2.94. The van der Waals surface area contributed by atoms with Gasteiger partial charge >= 0.3 is 0 Å². The molecule has 1 aliphatic rings. The van der Waals surface area contributed by atoms with E-state index in [1.54, 1.807) is 0 Å². The van der Waals surface area contributed by atoms with Crippen LogP contribution < -0.4 is 5.32 Å². The Hall–Kier alpha value is -0.940. The molecule has 0 spiro atoms. The van der Waals surface area contributed by atoms with Gasteiger partial charge in [-0.1, -0.05) is 0 Å².